The molecule has 3 fully saturated rings. The summed E-state index contributed by atoms with van der Waals surface area (Å²) in [6, 6.07) is -1.19. The quantitative estimate of drug-likeness (QED) is 0.641. The van der Waals surface area contributed by atoms with Crippen LogP contribution in [0.3, 0.4) is 0 Å². The van der Waals surface area contributed by atoms with E-state index in [1.807, 2.05) is 0 Å². The van der Waals surface area contributed by atoms with E-state index < -0.39 is 18.0 Å². The summed E-state index contributed by atoms with van der Waals surface area (Å²) < 4.78 is 15.2. The van der Waals surface area contributed by atoms with Crippen LogP contribution >= 0.6 is 0 Å². The summed E-state index contributed by atoms with van der Waals surface area (Å²) in [7, 11) is 0. The van der Waals surface area contributed by atoms with Crippen molar-refractivity contribution in [1.29, 1.82) is 0 Å². The molecule has 0 aromatic carbocycles. The third kappa shape index (κ3) is 4.15. The minimum Gasteiger partial charge on any atom is -0.371 e. The van der Waals surface area contributed by atoms with Gasteiger partial charge in [-0.25, -0.2) is 14.5 Å². The van der Waals surface area contributed by atoms with Gasteiger partial charge in [-0.15, -0.1) is 0 Å². The molecule has 5 amide bonds. The van der Waals surface area contributed by atoms with Gasteiger partial charge < -0.3 is 19.5 Å². The molecule has 0 spiro atoms. The van der Waals surface area contributed by atoms with E-state index >= 15 is 0 Å². The van der Waals surface area contributed by atoms with Crippen LogP contribution in [0, 0.1) is 0 Å². The molecule has 9 heteroatoms. The number of nitrogens with zero attached hydrogens (tertiary/aromatic N) is 2. The Labute approximate surface area is 127 Å². The zero-order chi connectivity index (χ0) is 15.7. The van der Waals surface area contributed by atoms with Gasteiger partial charge >= 0.3 is 12.1 Å². The first-order valence-electron chi connectivity index (χ1n) is 7.27. The van der Waals surface area contributed by atoms with Crippen LogP contribution < -0.4 is 5.32 Å². The van der Waals surface area contributed by atoms with E-state index in [1.165, 1.54) is 6.92 Å². The fourth-order valence-corrected chi connectivity index (χ4v) is 1.97. The van der Waals surface area contributed by atoms with Crippen molar-refractivity contribution in [1.82, 2.24) is 15.1 Å². The summed E-state index contributed by atoms with van der Waals surface area (Å²) in [5.41, 5.74) is 0. The Morgan fingerprint density at radius 2 is 1.45 bits per heavy atom. The van der Waals surface area contributed by atoms with Crippen molar-refractivity contribution in [2.45, 2.75) is 25.2 Å². The van der Waals surface area contributed by atoms with Crippen LogP contribution in [0.5, 0.6) is 0 Å². The van der Waals surface area contributed by atoms with Crippen molar-refractivity contribution < 1.29 is 28.6 Å². The number of nitrogens with one attached hydrogen (secondary N) is 1. The molecule has 0 aromatic heterocycles. The fraction of sp³-hybridized carbons (Fsp3) is 0.769. The molecule has 3 unspecified atom stereocenters. The van der Waals surface area contributed by atoms with Gasteiger partial charge in [0.2, 0.25) is 5.91 Å². The highest BCUT2D eigenvalue weighted by Crippen LogP contribution is 2.16. The molecule has 0 aromatic rings. The number of imide groups is 2. The molecule has 3 saturated heterocycles. The molecule has 0 aliphatic carbocycles. The summed E-state index contributed by atoms with van der Waals surface area (Å²) >= 11 is 0. The molecule has 3 aliphatic rings. The fourth-order valence-electron chi connectivity index (χ4n) is 1.97. The monoisotopic (exact) mass is 313 g/mol. The van der Waals surface area contributed by atoms with E-state index in [4.69, 9.17) is 14.2 Å². The lowest BCUT2D eigenvalue weighted by atomic mass is 10.3. The van der Waals surface area contributed by atoms with Gasteiger partial charge in [0.05, 0.1) is 51.2 Å². The van der Waals surface area contributed by atoms with Gasteiger partial charge in [-0.3, -0.25) is 9.69 Å². The molecule has 3 rings (SSSR count). The number of urea groups is 2. The first-order valence-corrected chi connectivity index (χ1v) is 7.27. The van der Waals surface area contributed by atoms with Crippen LogP contribution in [-0.4, -0.2) is 85.5 Å². The molecule has 0 radical (unpaired) electrons. The summed E-state index contributed by atoms with van der Waals surface area (Å²) in [6.07, 6.45) is -0.269. The predicted octanol–water partition coefficient (Wildman–Crippen LogP) is -0.837. The van der Waals surface area contributed by atoms with E-state index in [2.05, 4.69) is 5.32 Å². The molecule has 0 bridgehead atoms. The second-order valence-electron chi connectivity index (χ2n) is 5.57. The average molecular weight is 313 g/mol. The Bertz CT molecular complexity index is 472. The Kier molecular flexibility index (Phi) is 4.27. The van der Waals surface area contributed by atoms with E-state index in [9.17, 15) is 14.4 Å². The molecule has 3 atom stereocenters. The van der Waals surface area contributed by atoms with Crippen molar-refractivity contribution >= 4 is 18.0 Å². The number of hydrogen-bond donors (Lipinski definition) is 1. The normalized spacial score (nSPS) is 27.8. The highest BCUT2D eigenvalue weighted by Gasteiger charge is 2.38. The van der Waals surface area contributed by atoms with Gasteiger partial charge in [0.15, 0.2) is 0 Å². The van der Waals surface area contributed by atoms with Crippen molar-refractivity contribution in [3.05, 3.63) is 0 Å². The second kappa shape index (κ2) is 6.19. The minimum atomic E-state index is -0.646. The third-order valence-electron chi connectivity index (χ3n) is 3.55. The number of amides is 5. The zero-order valence-corrected chi connectivity index (χ0v) is 12.3. The number of epoxide rings is 3. The van der Waals surface area contributed by atoms with Gasteiger partial charge in [0.1, 0.15) is 0 Å². The van der Waals surface area contributed by atoms with Gasteiger partial charge in [-0.2, -0.15) is 0 Å². The van der Waals surface area contributed by atoms with Gasteiger partial charge in [-0.1, -0.05) is 0 Å². The predicted molar refractivity (Wildman–Crippen MR) is 72.1 cm³/mol. The molecular weight excluding hydrogens is 294 g/mol. The van der Waals surface area contributed by atoms with Crippen molar-refractivity contribution in [3.8, 4) is 0 Å². The Balaban J connectivity index is 1.63. The van der Waals surface area contributed by atoms with Crippen molar-refractivity contribution in [2.75, 3.05) is 39.5 Å². The molecule has 1 N–H and O–H groups in total. The SMILES string of the molecule is CC(=O)N(CC1CO1)C(=O)N(CC1CO1)C(=O)NCC1CO1. The van der Waals surface area contributed by atoms with Crippen LogP contribution in [-0.2, 0) is 19.0 Å². The largest absolute Gasteiger partial charge is 0.371 e. The summed E-state index contributed by atoms with van der Waals surface area (Å²) in [5.74, 6) is -0.416. The first kappa shape index (κ1) is 15.2. The van der Waals surface area contributed by atoms with Crippen LogP contribution in [0.2, 0.25) is 0 Å². The van der Waals surface area contributed by atoms with Crippen LogP contribution in [0.1, 0.15) is 6.92 Å². The van der Waals surface area contributed by atoms with Crippen molar-refractivity contribution in [3.63, 3.8) is 0 Å². The first-order chi connectivity index (χ1) is 10.5. The highest BCUT2D eigenvalue weighted by molar-refractivity contribution is 6.01. The minimum absolute atomic E-state index is 0.0156. The molecule has 122 valence electrons. The standard InChI is InChI=1S/C13H19N3O6/c1-8(17)15(3-10-6-21-10)13(19)16(4-11-7-22-11)12(18)14-2-9-5-20-9/h9-11H,2-7H2,1H3,(H,14,18). The number of carbonyl (C=O) groups excluding carboxylic acids is 3. The maximum absolute atomic E-state index is 12.5. The van der Waals surface area contributed by atoms with Gasteiger partial charge in [0.25, 0.3) is 0 Å². The number of rotatable bonds is 6. The van der Waals surface area contributed by atoms with E-state index in [-0.39, 0.29) is 31.4 Å². The summed E-state index contributed by atoms with van der Waals surface area (Å²) in [6.45, 7) is 3.57. The lowest BCUT2D eigenvalue weighted by Gasteiger charge is -2.26. The summed E-state index contributed by atoms with van der Waals surface area (Å²) in [5, 5.41) is 2.64. The molecule has 22 heavy (non-hydrogen) atoms. The number of carbonyl (C=O) groups is 3. The van der Waals surface area contributed by atoms with Gasteiger partial charge in [0, 0.05) is 13.5 Å². The Morgan fingerprint density at radius 1 is 0.955 bits per heavy atom. The van der Waals surface area contributed by atoms with E-state index in [0.717, 1.165) is 9.80 Å². The second-order valence-corrected chi connectivity index (χ2v) is 5.57. The van der Waals surface area contributed by atoms with E-state index in [1.54, 1.807) is 0 Å². The molecule has 9 nitrogen and oxygen atoms in total. The van der Waals surface area contributed by atoms with Crippen molar-refractivity contribution in [2.24, 2.45) is 0 Å². The summed E-state index contributed by atoms with van der Waals surface area (Å²) in [4.78, 5) is 38.5. The van der Waals surface area contributed by atoms with Crippen LogP contribution in [0.25, 0.3) is 0 Å². The lowest BCUT2D eigenvalue weighted by molar-refractivity contribution is -0.126. The van der Waals surface area contributed by atoms with Gasteiger partial charge in [-0.05, 0) is 0 Å². The smallest absolute Gasteiger partial charge is 0.335 e. The number of ether oxygens (including phenoxy) is 3. The zero-order valence-electron chi connectivity index (χ0n) is 12.3. The maximum Gasteiger partial charge on any atom is 0.335 e. The molecule has 0 saturated carbocycles. The third-order valence-corrected chi connectivity index (χ3v) is 3.55. The molecule has 3 aliphatic heterocycles. The topological polar surface area (TPSA) is 107 Å². The molecular formula is C13H19N3O6. The number of hydrogen-bond acceptors (Lipinski definition) is 6. The van der Waals surface area contributed by atoms with E-state index in [0.29, 0.717) is 26.4 Å². The lowest BCUT2D eigenvalue weighted by Crippen LogP contribution is -2.53. The average Bonchev–Trinajstić information content (AvgIpc) is 3.35. The highest BCUT2D eigenvalue weighted by atomic mass is 16.6. The molecule has 3 heterocycles. The Hall–Kier alpha value is -1.71. The van der Waals surface area contributed by atoms with Crippen LogP contribution in [0.4, 0.5) is 9.59 Å². The maximum atomic E-state index is 12.5. The Morgan fingerprint density at radius 3 is 1.91 bits per heavy atom. The van der Waals surface area contributed by atoms with Crippen LogP contribution in [0.15, 0.2) is 0 Å².